The molecule has 1 saturated heterocycles. The Morgan fingerprint density at radius 3 is 2.76 bits per heavy atom. The van der Waals surface area contributed by atoms with Gasteiger partial charge in [-0.25, -0.2) is 0 Å². The molecule has 1 fully saturated rings. The van der Waals surface area contributed by atoms with Crippen LogP contribution in [0.1, 0.15) is 37.3 Å². The van der Waals surface area contributed by atoms with Crippen LogP contribution in [-0.2, 0) is 22.3 Å². The van der Waals surface area contributed by atoms with Gasteiger partial charge in [-0.2, -0.15) is 13.5 Å². The number of ether oxygens (including phenoxy) is 2. The van der Waals surface area contributed by atoms with Crippen molar-refractivity contribution in [1.82, 2.24) is 4.90 Å². The molecule has 0 spiro atoms. The lowest BCUT2D eigenvalue weighted by Crippen LogP contribution is -2.43. The number of fused-ring (bicyclic) bond motifs is 1. The maximum absolute atomic E-state index is 12.9. The van der Waals surface area contributed by atoms with E-state index in [2.05, 4.69) is 16.6 Å². The van der Waals surface area contributed by atoms with Gasteiger partial charge in [-0.1, -0.05) is 48.0 Å². The summed E-state index contributed by atoms with van der Waals surface area (Å²) in [5, 5.41) is 15.4. The second kappa shape index (κ2) is 11.1. The first-order valence-corrected chi connectivity index (χ1v) is 13.5. The van der Waals surface area contributed by atoms with Crippen molar-refractivity contribution < 1.29 is 23.0 Å². The lowest BCUT2D eigenvalue weighted by atomic mass is 10.0. The number of hydrogen-bond acceptors (Lipinski definition) is 8. The van der Waals surface area contributed by atoms with E-state index in [1.54, 1.807) is 36.0 Å². The summed E-state index contributed by atoms with van der Waals surface area (Å²) in [4.78, 5) is 1.72. The molecule has 4 rings (SSSR count). The zero-order valence-corrected chi connectivity index (χ0v) is 22.9. The summed E-state index contributed by atoms with van der Waals surface area (Å²) in [6, 6.07) is 9.78. The van der Waals surface area contributed by atoms with Crippen LogP contribution in [0.25, 0.3) is 0 Å². The molecule has 2 heterocycles. The minimum Gasteiger partial charge on any atom is -0.454 e. The highest BCUT2D eigenvalue weighted by atomic mass is 79.9. The predicted octanol–water partition coefficient (Wildman–Crippen LogP) is 5.33. The largest absolute Gasteiger partial charge is 0.454 e. The average Bonchev–Trinajstić information content (AvgIpc) is 3.37. The molecule has 8 nitrogen and oxygen atoms in total. The lowest BCUT2D eigenvalue weighted by Gasteiger charge is -2.33. The number of sulfonamides is 1. The number of nitrogens with zero attached hydrogens (tertiary/aromatic N) is 3. The Kier molecular flexibility index (Phi) is 8.91. The minimum atomic E-state index is -4.16. The molecule has 2 aliphatic rings. The van der Waals surface area contributed by atoms with Crippen LogP contribution in [0, 0.1) is 0 Å². The Labute approximate surface area is 219 Å². The summed E-state index contributed by atoms with van der Waals surface area (Å²) >= 11 is 7.88. The van der Waals surface area contributed by atoms with Gasteiger partial charge in [0.15, 0.2) is 17.2 Å². The van der Waals surface area contributed by atoms with Crippen LogP contribution in [0.4, 0.5) is 0 Å². The molecule has 2 atom stereocenters. The van der Waals surface area contributed by atoms with E-state index in [-0.39, 0.29) is 45.6 Å². The number of hydrogen-bond donors (Lipinski definition) is 1. The fraction of sp³-hybridized carbons (Fsp3) is 0.455. The first kappa shape index (κ1) is 27.2. The Hall–Kier alpha value is -1.37. The fourth-order valence-electron chi connectivity index (χ4n) is 3.83. The van der Waals surface area contributed by atoms with Gasteiger partial charge in [-0.3, -0.25) is 4.90 Å². The van der Waals surface area contributed by atoms with Crippen LogP contribution in [0.3, 0.4) is 0 Å². The Morgan fingerprint density at radius 2 is 2.00 bits per heavy atom. The summed E-state index contributed by atoms with van der Waals surface area (Å²) < 4.78 is 40.0. The van der Waals surface area contributed by atoms with Gasteiger partial charge in [-0.15, -0.1) is 28.7 Å². The van der Waals surface area contributed by atoms with E-state index >= 15 is 0 Å². The minimum absolute atomic E-state index is 0. The molecule has 1 N–H and O–H groups in total. The molecule has 186 valence electrons. The third-order valence-electron chi connectivity index (χ3n) is 5.82. The highest BCUT2D eigenvalue weighted by Gasteiger charge is 2.44. The van der Waals surface area contributed by atoms with Gasteiger partial charge in [0.05, 0.1) is 16.9 Å². The molecule has 2 aromatic carbocycles. The molecule has 2 aliphatic heterocycles. The smallest absolute Gasteiger partial charge is 0.300 e. The predicted molar refractivity (Wildman–Crippen MR) is 138 cm³/mol. The first-order valence-electron chi connectivity index (χ1n) is 10.6. The highest BCUT2D eigenvalue weighted by molar-refractivity contribution is 8.93. The molecule has 2 unspecified atom stereocenters. The third-order valence-corrected chi connectivity index (χ3v) is 9.00. The number of benzene rings is 2. The molecule has 2 aromatic rings. The molecule has 0 aromatic heterocycles. The van der Waals surface area contributed by atoms with E-state index in [1.165, 1.54) is 12.1 Å². The third kappa shape index (κ3) is 5.55. The van der Waals surface area contributed by atoms with Crippen LogP contribution in [-0.4, -0.2) is 43.4 Å². The number of aliphatic hydroxyl groups is 1. The molecule has 0 saturated carbocycles. The Bertz CT molecular complexity index is 1170. The van der Waals surface area contributed by atoms with Crippen molar-refractivity contribution in [2.24, 2.45) is 9.63 Å². The molecule has 0 aliphatic carbocycles. The van der Waals surface area contributed by atoms with Crippen molar-refractivity contribution in [3.8, 4) is 11.5 Å². The monoisotopic (exact) mass is 591 g/mol. The summed E-state index contributed by atoms with van der Waals surface area (Å²) in [5.74, 6) is 1.66. The maximum atomic E-state index is 12.9. The second-order valence-corrected chi connectivity index (χ2v) is 11.2. The zero-order chi connectivity index (χ0) is 23.6. The highest BCUT2D eigenvalue weighted by Crippen LogP contribution is 2.43. The number of rotatable bonds is 8. The lowest BCUT2D eigenvalue weighted by molar-refractivity contribution is -0.0781. The summed E-state index contributed by atoms with van der Waals surface area (Å²) in [6.45, 7) is 2.34. The van der Waals surface area contributed by atoms with Gasteiger partial charge in [0, 0.05) is 11.3 Å². The molecular weight excluding hydrogens is 566 g/mol. The molecular formula is C22H27BrClN3O5S2. The van der Waals surface area contributed by atoms with Crippen LogP contribution < -0.4 is 9.47 Å². The Morgan fingerprint density at radius 1 is 1.24 bits per heavy atom. The second-order valence-electron chi connectivity index (χ2n) is 8.02. The summed E-state index contributed by atoms with van der Waals surface area (Å²) in [5.41, 5.74) is -0.0952. The normalized spacial score (nSPS) is 22.3. The van der Waals surface area contributed by atoms with Crippen molar-refractivity contribution in [3.63, 3.8) is 0 Å². The zero-order valence-electron chi connectivity index (χ0n) is 18.8. The topological polar surface area (TPSA) is 101 Å². The van der Waals surface area contributed by atoms with Crippen molar-refractivity contribution in [1.29, 1.82) is 0 Å². The van der Waals surface area contributed by atoms with Crippen LogP contribution in [0.5, 0.6) is 11.5 Å². The van der Waals surface area contributed by atoms with Gasteiger partial charge in [0.2, 0.25) is 6.79 Å². The average molecular weight is 593 g/mol. The van der Waals surface area contributed by atoms with E-state index < -0.39 is 15.7 Å². The van der Waals surface area contributed by atoms with Gasteiger partial charge < -0.3 is 14.6 Å². The van der Waals surface area contributed by atoms with Gasteiger partial charge in [-0.05, 0) is 43.3 Å². The quantitative estimate of drug-likeness (QED) is 0.414. The van der Waals surface area contributed by atoms with Crippen molar-refractivity contribution in [3.05, 3.63) is 52.5 Å². The summed E-state index contributed by atoms with van der Waals surface area (Å²) in [7, 11) is -2.31. The number of halogens is 2. The van der Waals surface area contributed by atoms with E-state index in [0.29, 0.717) is 22.8 Å². The van der Waals surface area contributed by atoms with Gasteiger partial charge in [0.25, 0.3) is 0 Å². The van der Waals surface area contributed by atoms with Gasteiger partial charge >= 0.3 is 10.0 Å². The van der Waals surface area contributed by atoms with E-state index in [0.717, 1.165) is 24.8 Å². The van der Waals surface area contributed by atoms with Crippen LogP contribution >= 0.6 is 40.3 Å². The molecule has 0 bridgehead atoms. The first-order chi connectivity index (χ1) is 15.7. The van der Waals surface area contributed by atoms with Gasteiger partial charge in [0.1, 0.15) is 4.90 Å². The maximum Gasteiger partial charge on any atom is 0.300 e. The number of thioether (sulfide) groups is 1. The Balaban J connectivity index is 0.00000324. The molecule has 12 heteroatoms. The number of unbranched alkanes of at least 4 members (excludes halogenated alkanes) is 1. The van der Waals surface area contributed by atoms with Crippen LogP contribution in [0.2, 0.25) is 5.02 Å². The van der Waals surface area contributed by atoms with E-state index in [4.69, 9.17) is 21.1 Å². The SMILES string of the molecule is Br.CCCCC1SCC(O)(c2ccc(Cl)c(S(=O)(=O)N=NCc3ccc4c(c3)OCO4)c2)N1C. The van der Waals surface area contributed by atoms with Crippen molar-refractivity contribution >= 4 is 50.4 Å². The summed E-state index contributed by atoms with van der Waals surface area (Å²) in [6.07, 6.45) is 3.08. The van der Waals surface area contributed by atoms with Crippen LogP contribution in [0.15, 0.2) is 50.9 Å². The molecule has 34 heavy (non-hydrogen) atoms. The molecule has 0 amide bonds. The van der Waals surface area contributed by atoms with E-state index in [9.17, 15) is 13.5 Å². The van der Waals surface area contributed by atoms with E-state index in [1.807, 2.05) is 11.9 Å². The van der Waals surface area contributed by atoms with Crippen molar-refractivity contribution in [2.75, 3.05) is 19.6 Å². The van der Waals surface area contributed by atoms with Crippen molar-refractivity contribution in [2.45, 2.75) is 48.7 Å². The molecule has 0 radical (unpaired) electrons. The standard InChI is InChI=1S/C22H26ClN3O5S2.BrH/c1-3-4-5-21-26(2)22(27,13-32-21)16-7-8-17(23)20(11-16)33(28,29)25-24-12-15-6-9-18-19(10-15)31-14-30-18;/h6-11,21,27H,3-5,12-14H2,1-2H3;1H. The fourth-order valence-corrected chi connectivity index (χ4v) is 6.65.